The van der Waals surface area contributed by atoms with Gasteiger partial charge in [-0.1, -0.05) is 40.2 Å². The molecule has 2 heterocycles. The van der Waals surface area contributed by atoms with E-state index in [1.165, 1.54) is 5.39 Å². The van der Waals surface area contributed by atoms with Crippen LogP contribution in [0.15, 0.2) is 56.0 Å². The fourth-order valence-electron chi connectivity index (χ4n) is 2.51. The molecule has 0 saturated heterocycles. The number of halogens is 3. The van der Waals surface area contributed by atoms with Crippen LogP contribution in [0.4, 0.5) is 0 Å². The molecule has 0 aliphatic carbocycles. The van der Waals surface area contributed by atoms with Crippen LogP contribution in [0.5, 0.6) is 0 Å². The minimum Gasteiger partial charge on any atom is -0.298 e. The number of hydrogen-bond acceptors (Lipinski definition) is 1. The summed E-state index contributed by atoms with van der Waals surface area (Å²) < 4.78 is 5.21. The van der Waals surface area contributed by atoms with Gasteiger partial charge < -0.3 is 0 Å². The number of imidazole rings is 1. The lowest BCUT2D eigenvalue weighted by Gasteiger charge is -2.04. The summed E-state index contributed by atoms with van der Waals surface area (Å²) in [6, 6.07) is 12.4. The molecule has 20 heavy (non-hydrogen) atoms. The summed E-state index contributed by atoms with van der Waals surface area (Å²) in [7, 11) is 0. The molecule has 0 N–H and O–H groups in total. The fourth-order valence-corrected chi connectivity index (χ4v) is 4.35. The molecule has 0 bridgehead atoms. The van der Waals surface area contributed by atoms with E-state index in [-0.39, 0.29) is 0 Å². The van der Waals surface area contributed by atoms with Crippen LogP contribution in [0.3, 0.4) is 0 Å². The molecule has 0 atom stereocenters. The first kappa shape index (κ1) is 12.8. The summed E-state index contributed by atoms with van der Waals surface area (Å²) in [6.45, 7) is 0. The largest absolute Gasteiger partial charge is 0.298 e. The lowest BCUT2D eigenvalue weighted by atomic mass is 10.2. The molecule has 2 aromatic heterocycles. The second-order valence-corrected chi connectivity index (χ2v) is 7.21. The second-order valence-electron chi connectivity index (χ2n) is 4.58. The molecule has 2 nitrogen and oxygen atoms in total. The van der Waals surface area contributed by atoms with Crippen molar-refractivity contribution in [2.75, 3.05) is 0 Å². The highest BCUT2D eigenvalue weighted by molar-refractivity contribution is 9.11. The van der Waals surface area contributed by atoms with Crippen molar-refractivity contribution < 1.29 is 0 Å². The quantitative estimate of drug-likeness (QED) is 0.322. The maximum absolute atomic E-state index is 4.80. The van der Waals surface area contributed by atoms with Crippen molar-refractivity contribution in [2.45, 2.75) is 0 Å². The molecule has 0 spiro atoms. The number of fused-ring (bicyclic) bond motifs is 5. The Kier molecular flexibility index (Phi) is 2.91. The number of aromatic nitrogens is 2. The van der Waals surface area contributed by atoms with Crippen LogP contribution in [0.1, 0.15) is 0 Å². The Hall–Kier alpha value is -0.910. The van der Waals surface area contributed by atoms with Crippen molar-refractivity contribution in [1.82, 2.24) is 9.38 Å². The number of hydrogen-bond donors (Lipinski definition) is 0. The van der Waals surface area contributed by atoms with Crippen LogP contribution in [0.2, 0.25) is 0 Å². The van der Waals surface area contributed by atoms with Gasteiger partial charge in [-0.3, -0.25) is 4.40 Å². The molecular weight excluding hydrogens is 448 g/mol. The van der Waals surface area contributed by atoms with Gasteiger partial charge >= 0.3 is 0 Å². The predicted molar refractivity (Wildman–Crippen MR) is 93.3 cm³/mol. The molecule has 98 valence electrons. The van der Waals surface area contributed by atoms with Gasteiger partial charge in [0.25, 0.3) is 0 Å². The van der Waals surface area contributed by atoms with E-state index in [0.717, 1.165) is 35.5 Å². The van der Waals surface area contributed by atoms with Gasteiger partial charge in [0.05, 0.1) is 5.52 Å². The Morgan fingerprint density at radius 2 is 1.65 bits per heavy atom. The average Bonchev–Trinajstić information content (AvgIpc) is 2.79. The summed E-state index contributed by atoms with van der Waals surface area (Å²) in [6.07, 6.45) is 2.08. The lowest BCUT2D eigenvalue weighted by Crippen LogP contribution is -1.87. The normalized spacial score (nSPS) is 11.8. The minimum atomic E-state index is 0.969. The fraction of sp³-hybridized carbons (Fsp3) is 0. The number of rotatable bonds is 0. The first-order valence-electron chi connectivity index (χ1n) is 5.99. The van der Waals surface area contributed by atoms with E-state index in [9.17, 15) is 0 Å². The zero-order valence-corrected chi connectivity index (χ0v) is 14.8. The highest BCUT2D eigenvalue weighted by Crippen LogP contribution is 2.33. The van der Waals surface area contributed by atoms with Crippen molar-refractivity contribution in [3.05, 3.63) is 56.0 Å². The standard InChI is InChI=1S/C15H7Br3N2/c16-8-5-11(17)14-13(6-8)20-7-12(18)9-3-1-2-4-10(9)15(20)19-14/h1-7H. The summed E-state index contributed by atoms with van der Waals surface area (Å²) in [5.41, 5.74) is 3.02. The van der Waals surface area contributed by atoms with Crippen LogP contribution < -0.4 is 0 Å². The van der Waals surface area contributed by atoms with Crippen LogP contribution in [-0.4, -0.2) is 9.38 Å². The molecule has 2 aromatic carbocycles. The van der Waals surface area contributed by atoms with Crippen molar-refractivity contribution in [3.63, 3.8) is 0 Å². The summed E-state index contributed by atoms with van der Waals surface area (Å²) >= 11 is 10.8. The van der Waals surface area contributed by atoms with Crippen LogP contribution >= 0.6 is 47.8 Å². The SMILES string of the molecule is Brc1cc(Br)c2nc3c4ccccc4c(Br)cn3c2c1. The van der Waals surface area contributed by atoms with Gasteiger partial charge in [0.1, 0.15) is 11.2 Å². The molecule has 0 amide bonds. The second kappa shape index (κ2) is 4.55. The zero-order chi connectivity index (χ0) is 13.9. The Morgan fingerprint density at radius 1 is 0.900 bits per heavy atom. The lowest BCUT2D eigenvalue weighted by molar-refractivity contribution is 1.23. The first-order valence-corrected chi connectivity index (χ1v) is 8.37. The minimum absolute atomic E-state index is 0.969. The van der Waals surface area contributed by atoms with Gasteiger partial charge in [-0.25, -0.2) is 4.98 Å². The third-order valence-electron chi connectivity index (χ3n) is 3.38. The predicted octanol–water partition coefficient (Wildman–Crippen LogP) is 5.93. The van der Waals surface area contributed by atoms with E-state index >= 15 is 0 Å². The van der Waals surface area contributed by atoms with Gasteiger partial charge in [-0.05, 0) is 44.0 Å². The maximum atomic E-state index is 4.80. The molecule has 0 aliphatic rings. The number of benzene rings is 2. The molecule has 4 rings (SSSR count). The van der Waals surface area contributed by atoms with Crippen molar-refractivity contribution in [3.8, 4) is 0 Å². The zero-order valence-electron chi connectivity index (χ0n) is 10.1. The average molecular weight is 455 g/mol. The van der Waals surface area contributed by atoms with Gasteiger partial charge in [-0.2, -0.15) is 0 Å². The Balaban J connectivity index is 2.33. The van der Waals surface area contributed by atoms with Crippen molar-refractivity contribution in [2.24, 2.45) is 0 Å². The maximum Gasteiger partial charge on any atom is 0.145 e. The first-order chi connectivity index (χ1) is 9.65. The number of pyridine rings is 1. The van der Waals surface area contributed by atoms with Crippen molar-refractivity contribution in [1.29, 1.82) is 0 Å². The summed E-state index contributed by atoms with van der Waals surface area (Å²) in [5, 5.41) is 2.31. The highest BCUT2D eigenvalue weighted by atomic mass is 79.9. The van der Waals surface area contributed by atoms with Gasteiger partial charge in [0.2, 0.25) is 0 Å². The molecule has 0 saturated carbocycles. The van der Waals surface area contributed by atoms with Gasteiger partial charge in [0.15, 0.2) is 0 Å². The third kappa shape index (κ3) is 1.76. The van der Waals surface area contributed by atoms with E-state index in [1.54, 1.807) is 0 Å². The van der Waals surface area contributed by atoms with E-state index in [0.29, 0.717) is 0 Å². The van der Waals surface area contributed by atoms with Gasteiger partial charge in [-0.15, -0.1) is 0 Å². The molecule has 0 fully saturated rings. The highest BCUT2D eigenvalue weighted by Gasteiger charge is 2.12. The summed E-state index contributed by atoms with van der Waals surface area (Å²) in [5.74, 6) is 0. The van der Waals surface area contributed by atoms with Crippen molar-refractivity contribution >= 4 is 75.2 Å². The van der Waals surface area contributed by atoms with Crippen LogP contribution in [-0.2, 0) is 0 Å². The summed E-state index contributed by atoms with van der Waals surface area (Å²) in [4.78, 5) is 4.80. The van der Waals surface area contributed by atoms with E-state index in [4.69, 9.17) is 4.98 Å². The monoisotopic (exact) mass is 452 g/mol. The van der Waals surface area contributed by atoms with Crippen LogP contribution in [0.25, 0.3) is 27.5 Å². The molecule has 5 heteroatoms. The molecule has 0 radical (unpaired) electrons. The topological polar surface area (TPSA) is 17.3 Å². The third-order valence-corrected chi connectivity index (χ3v) is 5.08. The van der Waals surface area contributed by atoms with E-state index < -0.39 is 0 Å². The number of nitrogens with zero attached hydrogens (tertiary/aromatic N) is 2. The Labute approximate surface area is 140 Å². The Morgan fingerprint density at radius 3 is 2.45 bits per heavy atom. The molecule has 4 aromatic rings. The molecule has 0 unspecified atom stereocenters. The smallest absolute Gasteiger partial charge is 0.145 e. The molecular formula is C15H7Br3N2. The molecule has 0 aliphatic heterocycles. The van der Waals surface area contributed by atoms with Gasteiger partial charge in [0, 0.05) is 30.4 Å². The van der Waals surface area contributed by atoms with E-state index in [1.807, 2.05) is 18.2 Å². The van der Waals surface area contributed by atoms with E-state index in [2.05, 4.69) is 76.6 Å². The van der Waals surface area contributed by atoms with Crippen LogP contribution in [0, 0.1) is 0 Å². The Bertz CT molecular complexity index is 989.